The standard InChI is InChI=1S/C25H22ClN5O2S/c1-16-6-8-18(9-7-16)24-29-30-25(31(24)22-12-10-19(26)11-13-22)34-15-23(33)28-21-5-3-4-20(14-21)27-17(2)32/h3-14H,15H2,1-2H3,(H,27,32)(H,28,33). The van der Waals surface area contributed by atoms with E-state index in [1.54, 1.807) is 36.4 Å². The van der Waals surface area contributed by atoms with Crippen molar-refractivity contribution in [2.45, 2.75) is 19.0 Å². The first-order valence-electron chi connectivity index (χ1n) is 10.5. The fourth-order valence-corrected chi connectivity index (χ4v) is 4.16. The van der Waals surface area contributed by atoms with Gasteiger partial charge in [0.15, 0.2) is 11.0 Å². The molecule has 0 aliphatic heterocycles. The average molecular weight is 492 g/mol. The molecule has 0 saturated heterocycles. The van der Waals surface area contributed by atoms with E-state index < -0.39 is 0 Å². The number of nitrogens with one attached hydrogen (secondary N) is 2. The highest BCUT2D eigenvalue weighted by atomic mass is 35.5. The van der Waals surface area contributed by atoms with Crippen LogP contribution in [0.25, 0.3) is 17.1 Å². The SMILES string of the molecule is CC(=O)Nc1cccc(NC(=O)CSc2nnc(-c3ccc(C)cc3)n2-c2ccc(Cl)cc2)c1. The van der Waals surface area contributed by atoms with Crippen molar-refractivity contribution in [3.63, 3.8) is 0 Å². The van der Waals surface area contributed by atoms with E-state index in [0.29, 0.717) is 27.4 Å². The number of hydrogen-bond acceptors (Lipinski definition) is 5. The normalized spacial score (nSPS) is 10.7. The number of thioether (sulfide) groups is 1. The summed E-state index contributed by atoms with van der Waals surface area (Å²) in [6, 6.07) is 22.4. The van der Waals surface area contributed by atoms with Crippen molar-refractivity contribution in [1.29, 1.82) is 0 Å². The number of benzene rings is 3. The third-order valence-corrected chi connectivity index (χ3v) is 6.01. The predicted octanol–water partition coefficient (Wildman–Crippen LogP) is 5.59. The van der Waals surface area contributed by atoms with Gasteiger partial charge in [0.25, 0.3) is 0 Å². The van der Waals surface area contributed by atoms with Gasteiger partial charge in [0, 0.05) is 34.6 Å². The molecule has 0 aliphatic carbocycles. The first-order valence-corrected chi connectivity index (χ1v) is 11.8. The van der Waals surface area contributed by atoms with E-state index in [2.05, 4.69) is 20.8 Å². The summed E-state index contributed by atoms with van der Waals surface area (Å²) >= 11 is 7.37. The van der Waals surface area contributed by atoms with Crippen LogP contribution in [0.5, 0.6) is 0 Å². The molecule has 0 aliphatic rings. The zero-order chi connectivity index (χ0) is 24.1. The smallest absolute Gasteiger partial charge is 0.234 e. The maximum atomic E-state index is 12.6. The first-order chi connectivity index (χ1) is 16.4. The lowest BCUT2D eigenvalue weighted by molar-refractivity contribution is -0.114. The second-order valence-corrected chi connectivity index (χ2v) is 8.96. The van der Waals surface area contributed by atoms with Crippen LogP contribution in [0.3, 0.4) is 0 Å². The topological polar surface area (TPSA) is 88.9 Å². The average Bonchev–Trinajstić information content (AvgIpc) is 3.22. The minimum Gasteiger partial charge on any atom is -0.326 e. The Morgan fingerprint density at radius 3 is 2.29 bits per heavy atom. The van der Waals surface area contributed by atoms with Crippen LogP contribution in [0.4, 0.5) is 11.4 Å². The third kappa shape index (κ3) is 5.84. The van der Waals surface area contributed by atoms with Crippen LogP contribution >= 0.6 is 23.4 Å². The minimum atomic E-state index is -0.201. The molecular formula is C25H22ClN5O2S. The summed E-state index contributed by atoms with van der Waals surface area (Å²) in [7, 11) is 0. The molecule has 0 spiro atoms. The van der Waals surface area contributed by atoms with Crippen LogP contribution in [0.2, 0.25) is 5.02 Å². The number of aromatic nitrogens is 3. The summed E-state index contributed by atoms with van der Waals surface area (Å²) in [5, 5.41) is 15.5. The molecular weight excluding hydrogens is 470 g/mol. The second-order valence-electron chi connectivity index (χ2n) is 7.58. The molecule has 1 heterocycles. The zero-order valence-electron chi connectivity index (χ0n) is 18.6. The largest absolute Gasteiger partial charge is 0.326 e. The Morgan fingerprint density at radius 2 is 1.62 bits per heavy atom. The predicted molar refractivity (Wildman–Crippen MR) is 137 cm³/mol. The molecule has 172 valence electrons. The quantitative estimate of drug-likeness (QED) is 0.329. The van der Waals surface area contributed by atoms with E-state index in [1.165, 1.54) is 18.7 Å². The van der Waals surface area contributed by atoms with E-state index in [4.69, 9.17) is 11.6 Å². The number of rotatable bonds is 7. The van der Waals surface area contributed by atoms with Gasteiger partial charge >= 0.3 is 0 Å². The van der Waals surface area contributed by atoms with E-state index in [0.717, 1.165) is 16.8 Å². The summed E-state index contributed by atoms with van der Waals surface area (Å²) in [5.41, 5.74) is 4.12. The summed E-state index contributed by atoms with van der Waals surface area (Å²) in [6.07, 6.45) is 0. The third-order valence-electron chi connectivity index (χ3n) is 4.83. The minimum absolute atomic E-state index is 0.129. The Kier molecular flexibility index (Phi) is 7.30. The number of aryl methyl sites for hydroxylation is 1. The summed E-state index contributed by atoms with van der Waals surface area (Å²) in [6.45, 7) is 3.46. The van der Waals surface area contributed by atoms with E-state index in [9.17, 15) is 9.59 Å². The molecule has 3 aromatic carbocycles. The summed E-state index contributed by atoms with van der Waals surface area (Å²) in [5.74, 6) is 0.426. The van der Waals surface area contributed by atoms with E-state index in [-0.39, 0.29) is 17.6 Å². The van der Waals surface area contributed by atoms with E-state index >= 15 is 0 Å². The van der Waals surface area contributed by atoms with Gasteiger partial charge in [-0.2, -0.15) is 0 Å². The van der Waals surface area contributed by atoms with Crippen LogP contribution in [-0.4, -0.2) is 32.3 Å². The summed E-state index contributed by atoms with van der Waals surface area (Å²) < 4.78 is 1.91. The maximum Gasteiger partial charge on any atom is 0.234 e. The Bertz CT molecular complexity index is 1320. The highest BCUT2D eigenvalue weighted by Crippen LogP contribution is 2.29. The van der Waals surface area contributed by atoms with Gasteiger partial charge in [-0.1, -0.05) is 59.3 Å². The molecule has 0 radical (unpaired) electrons. The van der Waals surface area contributed by atoms with Crippen LogP contribution in [-0.2, 0) is 9.59 Å². The van der Waals surface area contributed by atoms with Crippen molar-refractivity contribution in [3.8, 4) is 17.1 Å². The van der Waals surface area contributed by atoms with Gasteiger partial charge in [-0.05, 0) is 49.4 Å². The van der Waals surface area contributed by atoms with Gasteiger partial charge in [0.2, 0.25) is 11.8 Å². The van der Waals surface area contributed by atoms with Gasteiger partial charge in [0.05, 0.1) is 5.75 Å². The van der Waals surface area contributed by atoms with Crippen molar-refractivity contribution >= 4 is 46.6 Å². The number of anilines is 2. The number of carbonyl (C=O) groups excluding carboxylic acids is 2. The molecule has 4 rings (SSSR count). The zero-order valence-corrected chi connectivity index (χ0v) is 20.2. The van der Waals surface area contributed by atoms with Crippen LogP contribution in [0.1, 0.15) is 12.5 Å². The second kappa shape index (κ2) is 10.5. The van der Waals surface area contributed by atoms with Crippen LogP contribution < -0.4 is 10.6 Å². The Balaban J connectivity index is 1.55. The molecule has 0 unspecified atom stereocenters. The van der Waals surface area contributed by atoms with Crippen LogP contribution in [0.15, 0.2) is 78.0 Å². The molecule has 9 heteroatoms. The lowest BCUT2D eigenvalue weighted by atomic mass is 10.1. The van der Waals surface area contributed by atoms with Crippen molar-refractivity contribution in [2.75, 3.05) is 16.4 Å². The highest BCUT2D eigenvalue weighted by molar-refractivity contribution is 7.99. The van der Waals surface area contributed by atoms with Gasteiger partial charge in [-0.3, -0.25) is 14.2 Å². The molecule has 0 saturated carbocycles. The molecule has 34 heavy (non-hydrogen) atoms. The Morgan fingerprint density at radius 1 is 0.941 bits per heavy atom. The van der Waals surface area contributed by atoms with Gasteiger partial charge in [0.1, 0.15) is 0 Å². The van der Waals surface area contributed by atoms with E-state index in [1.807, 2.05) is 47.9 Å². The first kappa shape index (κ1) is 23.5. The van der Waals surface area contributed by atoms with Crippen molar-refractivity contribution in [1.82, 2.24) is 14.8 Å². The molecule has 2 amide bonds. The number of halogens is 1. The fourth-order valence-electron chi connectivity index (χ4n) is 3.28. The Labute approximate surface area is 206 Å². The van der Waals surface area contributed by atoms with Crippen LogP contribution in [0, 0.1) is 6.92 Å². The van der Waals surface area contributed by atoms with Crippen molar-refractivity contribution in [2.24, 2.45) is 0 Å². The number of amides is 2. The molecule has 0 fully saturated rings. The maximum absolute atomic E-state index is 12.6. The monoisotopic (exact) mass is 491 g/mol. The molecule has 1 aromatic heterocycles. The van der Waals surface area contributed by atoms with Crippen molar-refractivity contribution < 1.29 is 9.59 Å². The number of nitrogens with zero attached hydrogens (tertiary/aromatic N) is 3. The number of hydrogen-bond donors (Lipinski definition) is 2. The van der Waals surface area contributed by atoms with Gasteiger partial charge < -0.3 is 10.6 Å². The lowest BCUT2D eigenvalue weighted by Crippen LogP contribution is -2.15. The molecule has 0 bridgehead atoms. The highest BCUT2D eigenvalue weighted by Gasteiger charge is 2.17. The lowest BCUT2D eigenvalue weighted by Gasteiger charge is -2.11. The molecule has 7 nitrogen and oxygen atoms in total. The Hall–Kier alpha value is -3.62. The number of carbonyl (C=O) groups is 2. The fraction of sp³-hybridized carbons (Fsp3) is 0.120. The molecule has 0 atom stereocenters. The van der Waals surface area contributed by atoms with Gasteiger partial charge in [-0.15, -0.1) is 10.2 Å². The molecule has 4 aromatic rings. The van der Waals surface area contributed by atoms with Gasteiger partial charge in [-0.25, -0.2) is 0 Å². The van der Waals surface area contributed by atoms with Crippen molar-refractivity contribution in [3.05, 3.63) is 83.4 Å². The molecule has 2 N–H and O–H groups in total. The summed E-state index contributed by atoms with van der Waals surface area (Å²) in [4.78, 5) is 23.9.